The number of rotatable bonds is 2. The normalized spacial score (nSPS) is 12.6. The summed E-state index contributed by atoms with van der Waals surface area (Å²) in [6, 6.07) is 0. The lowest BCUT2D eigenvalue weighted by atomic mass is 10.2. The van der Waals surface area contributed by atoms with Crippen LogP contribution in [0.3, 0.4) is 0 Å². The Morgan fingerprint density at radius 3 is 1.44 bits per heavy atom. The summed E-state index contributed by atoms with van der Waals surface area (Å²) in [6.07, 6.45) is 0. The third-order valence-electron chi connectivity index (χ3n) is 2.08. The van der Waals surface area contributed by atoms with Crippen LogP contribution >= 0.6 is 0 Å². The van der Waals surface area contributed by atoms with Crippen LogP contribution in [0.15, 0.2) is 9.79 Å². The summed E-state index contributed by atoms with van der Waals surface area (Å²) in [6.45, 7) is 0.894. The van der Waals surface area contributed by atoms with Crippen molar-refractivity contribution in [3.8, 4) is 17.2 Å². The zero-order chi connectivity index (χ0) is 14.5. The van der Waals surface area contributed by atoms with E-state index in [0.717, 1.165) is 6.92 Å². The first-order chi connectivity index (χ1) is 7.89. The average molecular weight is 300 g/mol. The van der Waals surface area contributed by atoms with E-state index in [-0.39, 0.29) is 0 Å². The lowest BCUT2D eigenvalue weighted by Crippen LogP contribution is -2.07. The molecule has 0 spiro atoms. The van der Waals surface area contributed by atoms with E-state index < -0.39 is 52.8 Å². The molecular formula is C7H8O9S2. The maximum Gasteiger partial charge on any atom is 0.302 e. The third kappa shape index (κ3) is 2.20. The Hall–Kier alpha value is -1.56. The Morgan fingerprint density at radius 1 is 0.722 bits per heavy atom. The van der Waals surface area contributed by atoms with E-state index in [1.54, 1.807) is 0 Å². The van der Waals surface area contributed by atoms with E-state index in [9.17, 15) is 32.2 Å². The molecule has 1 aromatic carbocycles. The van der Waals surface area contributed by atoms with Crippen molar-refractivity contribution in [1.82, 2.24) is 0 Å². The van der Waals surface area contributed by atoms with Gasteiger partial charge in [0.1, 0.15) is 4.90 Å². The van der Waals surface area contributed by atoms with Gasteiger partial charge in [-0.05, 0) is 6.92 Å². The van der Waals surface area contributed by atoms with Crippen molar-refractivity contribution >= 4 is 20.2 Å². The average Bonchev–Trinajstić information content (AvgIpc) is 2.09. The highest BCUT2D eigenvalue weighted by Crippen LogP contribution is 2.46. The molecule has 0 unspecified atom stereocenters. The van der Waals surface area contributed by atoms with Gasteiger partial charge in [0.25, 0.3) is 10.1 Å². The van der Waals surface area contributed by atoms with Gasteiger partial charge in [-0.25, -0.2) is 0 Å². The van der Waals surface area contributed by atoms with Crippen molar-refractivity contribution in [3.05, 3.63) is 5.56 Å². The van der Waals surface area contributed by atoms with Gasteiger partial charge >= 0.3 is 10.1 Å². The fraction of sp³-hybridized carbons (Fsp3) is 0.143. The highest BCUT2D eigenvalue weighted by molar-refractivity contribution is 7.87. The fourth-order valence-corrected chi connectivity index (χ4v) is 2.93. The van der Waals surface area contributed by atoms with Gasteiger partial charge in [-0.1, -0.05) is 0 Å². The quantitative estimate of drug-likeness (QED) is 0.277. The maximum absolute atomic E-state index is 10.9. The summed E-state index contributed by atoms with van der Waals surface area (Å²) in [7, 11) is -10.3. The van der Waals surface area contributed by atoms with Crippen LogP contribution in [0.4, 0.5) is 0 Å². The van der Waals surface area contributed by atoms with E-state index in [1.165, 1.54) is 0 Å². The number of aromatic hydroxyl groups is 3. The van der Waals surface area contributed by atoms with Crippen molar-refractivity contribution in [1.29, 1.82) is 0 Å². The first-order valence-electron chi connectivity index (χ1n) is 4.11. The summed E-state index contributed by atoms with van der Waals surface area (Å²) >= 11 is 0. The van der Waals surface area contributed by atoms with E-state index in [2.05, 4.69) is 0 Å². The lowest BCUT2D eigenvalue weighted by Gasteiger charge is -2.12. The van der Waals surface area contributed by atoms with E-state index in [1.807, 2.05) is 0 Å². The molecule has 1 aromatic rings. The molecule has 0 heterocycles. The number of phenols is 3. The molecule has 11 heteroatoms. The molecule has 0 aliphatic carbocycles. The molecule has 0 aliphatic rings. The zero-order valence-electron chi connectivity index (χ0n) is 8.69. The molecule has 0 saturated heterocycles. The second-order valence-electron chi connectivity index (χ2n) is 3.28. The topological polar surface area (TPSA) is 169 Å². The zero-order valence-corrected chi connectivity index (χ0v) is 10.3. The Kier molecular flexibility index (Phi) is 3.21. The Bertz CT molecular complexity index is 655. The molecule has 0 amide bonds. The van der Waals surface area contributed by atoms with Gasteiger partial charge in [0.15, 0.2) is 22.1 Å². The molecule has 18 heavy (non-hydrogen) atoms. The molecule has 0 atom stereocenters. The molecule has 9 nitrogen and oxygen atoms in total. The fourth-order valence-electron chi connectivity index (χ4n) is 1.35. The van der Waals surface area contributed by atoms with Crippen LogP contribution < -0.4 is 0 Å². The van der Waals surface area contributed by atoms with Crippen LogP contribution in [-0.2, 0) is 20.2 Å². The van der Waals surface area contributed by atoms with Gasteiger partial charge in [-0.3, -0.25) is 9.11 Å². The van der Waals surface area contributed by atoms with Gasteiger partial charge in [-0.15, -0.1) is 0 Å². The molecule has 5 N–H and O–H groups in total. The molecule has 102 valence electrons. The van der Waals surface area contributed by atoms with E-state index in [4.69, 9.17) is 9.11 Å². The largest absolute Gasteiger partial charge is 0.505 e. The van der Waals surface area contributed by atoms with Gasteiger partial charge in [0.05, 0.1) is 0 Å². The number of hydrogen-bond donors (Lipinski definition) is 5. The molecule has 0 fully saturated rings. The van der Waals surface area contributed by atoms with Crippen LogP contribution in [0, 0.1) is 6.92 Å². The first kappa shape index (κ1) is 14.5. The minimum atomic E-state index is -5.22. The number of phenolic OH excluding ortho intramolecular Hbond substituents is 3. The minimum absolute atomic E-state index is 0.681. The van der Waals surface area contributed by atoms with Crippen LogP contribution in [0.2, 0.25) is 0 Å². The maximum atomic E-state index is 10.9. The van der Waals surface area contributed by atoms with Gasteiger partial charge in [0.2, 0.25) is 0 Å². The summed E-state index contributed by atoms with van der Waals surface area (Å²) in [5.41, 5.74) is -0.681. The lowest BCUT2D eigenvalue weighted by molar-refractivity contribution is 0.362. The molecule has 0 aromatic heterocycles. The van der Waals surface area contributed by atoms with Gasteiger partial charge < -0.3 is 15.3 Å². The molecule has 1 rings (SSSR count). The van der Waals surface area contributed by atoms with Gasteiger partial charge in [-0.2, -0.15) is 16.8 Å². The summed E-state index contributed by atoms with van der Waals surface area (Å²) in [5.74, 6) is -4.24. The van der Waals surface area contributed by atoms with Crippen molar-refractivity contribution in [2.75, 3.05) is 0 Å². The van der Waals surface area contributed by atoms with E-state index in [0.29, 0.717) is 0 Å². The standard InChI is InChI=1S/C7H8O9S2/c1-2-3(8)4(9)7(18(14,15)16)5(10)6(2)17(11,12)13/h8-10H,1H3,(H,11,12,13)(H,14,15,16). The Morgan fingerprint density at radius 2 is 1.11 bits per heavy atom. The van der Waals surface area contributed by atoms with E-state index >= 15 is 0 Å². The summed E-state index contributed by atoms with van der Waals surface area (Å²) in [4.78, 5) is -2.94. The first-order valence-corrected chi connectivity index (χ1v) is 6.99. The number of hydrogen-bond acceptors (Lipinski definition) is 7. The van der Waals surface area contributed by atoms with Crippen molar-refractivity contribution < 1.29 is 41.3 Å². The third-order valence-corrected chi connectivity index (χ3v) is 4.00. The van der Waals surface area contributed by atoms with Crippen LogP contribution in [-0.4, -0.2) is 41.3 Å². The highest BCUT2D eigenvalue weighted by atomic mass is 32.2. The van der Waals surface area contributed by atoms with Crippen LogP contribution in [0.25, 0.3) is 0 Å². The second-order valence-corrected chi connectivity index (χ2v) is 6.00. The predicted octanol–water partition coefficient (Wildman–Crippen LogP) is -0.395. The minimum Gasteiger partial charge on any atom is -0.505 e. The van der Waals surface area contributed by atoms with Crippen LogP contribution in [0.1, 0.15) is 5.56 Å². The predicted molar refractivity (Wildman–Crippen MR) is 55.8 cm³/mol. The van der Waals surface area contributed by atoms with Crippen LogP contribution in [0.5, 0.6) is 17.2 Å². The smallest absolute Gasteiger partial charge is 0.302 e. The van der Waals surface area contributed by atoms with Crippen molar-refractivity contribution in [2.45, 2.75) is 16.7 Å². The Labute approximate surface area is 101 Å². The summed E-state index contributed by atoms with van der Waals surface area (Å²) in [5, 5.41) is 28.0. The Balaban J connectivity index is 4.09. The molecule has 0 radical (unpaired) electrons. The second kappa shape index (κ2) is 3.98. The SMILES string of the molecule is Cc1c(O)c(O)c(S(=O)(=O)O)c(O)c1S(=O)(=O)O. The molecule has 0 bridgehead atoms. The van der Waals surface area contributed by atoms with Crippen molar-refractivity contribution in [3.63, 3.8) is 0 Å². The van der Waals surface area contributed by atoms with Gasteiger partial charge in [0, 0.05) is 5.56 Å². The number of benzene rings is 1. The monoisotopic (exact) mass is 300 g/mol. The highest BCUT2D eigenvalue weighted by Gasteiger charge is 2.33. The molecular weight excluding hydrogens is 292 g/mol. The van der Waals surface area contributed by atoms with Crippen molar-refractivity contribution in [2.24, 2.45) is 0 Å². The molecule has 0 aliphatic heterocycles. The molecule has 0 saturated carbocycles. The summed E-state index contributed by atoms with van der Waals surface area (Å²) < 4.78 is 61.1.